The summed E-state index contributed by atoms with van der Waals surface area (Å²) in [6, 6.07) is 10.5. The van der Waals surface area contributed by atoms with Crippen molar-refractivity contribution < 1.29 is 0 Å². The fourth-order valence-corrected chi connectivity index (χ4v) is 2.14. The standard InChI is InChI=1S/C14H15BrN2/c1-3-10-6-5-7-11(8-10)12-9-13(15)17-14(4-2)16-12/h5-9H,3-4H2,1-2H3. The second-order valence-electron chi connectivity index (χ2n) is 3.90. The second kappa shape index (κ2) is 5.41. The van der Waals surface area contributed by atoms with Gasteiger partial charge in [-0.05, 0) is 40.0 Å². The Bertz CT molecular complexity index is 523. The molecule has 0 bridgehead atoms. The number of halogens is 1. The van der Waals surface area contributed by atoms with Gasteiger partial charge in [0.2, 0.25) is 0 Å². The molecule has 1 aromatic heterocycles. The molecule has 2 rings (SSSR count). The van der Waals surface area contributed by atoms with E-state index in [1.165, 1.54) is 5.56 Å². The maximum atomic E-state index is 4.56. The largest absolute Gasteiger partial charge is 0.233 e. The van der Waals surface area contributed by atoms with E-state index >= 15 is 0 Å². The molecule has 0 amide bonds. The van der Waals surface area contributed by atoms with Crippen molar-refractivity contribution >= 4 is 15.9 Å². The van der Waals surface area contributed by atoms with Crippen molar-refractivity contribution in [3.63, 3.8) is 0 Å². The van der Waals surface area contributed by atoms with E-state index in [1.54, 1.807) is 0 Å². The lowest BCUT2D eigenvalue weighted by Crippen LogP contribution is -1.96. The summed E-state index contributed by atoms with van der Waals surface area (Å²) in [7, 11) is 0. The molecule has 0 unspecified atom stereocenters. The van der Waals surface area contributed by atoms with Crippen molar-refractivity contribution in [1.82, 2.24) is 9.97 Å². The van der Waals surface area contributed by atoms with E-state index in [4.69, 9.17) is 0 Å². The zero-order valence-corrected chi connectivity index (χ0v) is 11.7. The zero-order chi connectivity index (χ0) is 12.3. The normalized spacial score (nSPS) is 10.5. The van der Waals surface area contributed by atoms with Gasteiger partial charge in [-0.15, -0.1) is 0 Å². The predicted octanol–water partition coefficient (Wildman–Crippen LogP) is 4.03. The van der Waals surface area contributed by atoms with E-state index in [2.05, 4.69) is 64.0 Å². The van der Waals surface area contributed by atoms with Gasteiger partial charge in [0.15, 0.2) is 0 Å². The minimum absolute atomic E-state index is 0.847. The van der Waals surface area contributed by atoms with Crippen molar-refractivity contribution in [2.45, 2.75) is 26.7 Å². The number of benzene rings is 1. The summed E-state index contributed by atoms with van der Waals surface area (Å²) in [5.41, 5.74) is 3.47. The Hall–Kier alpha value is -1.22. The van der Waals surface area contributed by atoms with Gasteiger partial charge in [0, 0.05) is 12.0 Å². The Morgan fingerprint density at radius 3 is 2.59 bits per heavy atom. The molecule has 0 atom stereocenters. The molecule has 0 saturated carbocycles. The molecule has 3 heteroatoms. The second-order valence-corrected chi connectivity index (χ2v) is 4.71. The van der Waals surface area contributed by atoms with Gasteiger partial charge in [-0.1, -0.05) is 32.0 Å². The maximum Gasteiger partial charge on any atom is 0.130 e. The van der Waals surface area contributed by atoms with Crippen LogP contribution in [0.5, 0.6) is 0 Å². The lowest BCUT2D eigenvalue weighted by atomic mass is 10.1. The Morgan fingerprint density at radius 1 is 1.06 bits per heavy atom. The third kappa shape index (κ3) is 2.91. The number of hydrogen-bond donors (Lipinski definition) is 0. The van der Waals surface area contributed by atoms with Crippen LogP contribution in [0.4, 0.5) is 0 Å². The third-order valence-electron chi connectivity index (χ3n) is 2.69. The molecule has 1 heterocycles. The van der Waals surface area contributed by atoms with Crippen LogP contribution < -0.4 is 0 Å². The first kappa shape index (κ1) is 12.2. The Kier molecular flexibility index (Phi) is 3.89. The number of aromatic nitrogens is 2. The van der Waals surface area contributed by atoms with Gasteiger partial charge in [0.1, 0.15) is 10.4 Å². The van der Waals surface area contributed by atoms with Crippen LogP contribution in [-0.4, -0.2) is 9.97 Å². The van der Waals surface area contributed by atoms with E-state index < -0.39 is 0 Å². The molecule has 0 N–H and O–H groups in total. The molecule has 2 nitrogen and oxygen atoms in total. The monoisotopic (exact) mass is 290 g/mol. The Labute approximate surface area is 110 Å². The van der Waals surface area contributed by atoms with E-state index in [0.29, 0.717) is 0 Å². The van der Waals surface area contributed by atoms with Crippen LogP contribution >= 0.6 is 15.9 Å². The van der Waals surface area contributed by atoms with Gasteiger partial charge in [-0.2, -0.15) is 0 Å². The Morgan fingerprint density at radius 2 is 1.88 bits per heavy atom. The highest BCUT2D eigenvalue weighted by atomic mass is 79.9. The van der Waals surface area contributed by atoms with Gasteiger partial charge < -0.3 is 0 Å². The summed E-state index contributed by atoms with van der Waals surface area (Å²) in [4.78, 5) is 8.88. The SMILES string of the molecule is CCc1cccc(-c2cc(Br)nc(CC)n2)c1. The summed E-state index contributed by atoms with van der Waals surface area (Å²) in [5.74, 6) is 0.872. The van der Waals surface area contributed by atoms with E-state index in [0.717, 1.165) is 34.5 Å². The van der Waals surface area contributed by atoms with Gasteiger partial charge in [-0.25, -0.2) is 9.97 Å². The fraction of sp³-hybridized carbons (Fsp3) is 0.286. The van der Waals surface area contributed by atoms with Gasteiger partial charge in [-0.3, -0.25) is 0 Å². The highest BCUT2D eigenvalue weighted by Crippen LogP contribution is 2.21. The molecular weight excluding hydrogens is 276 g/mol. The van der Waals surface area contributed by atoms with Gasteiger partial charge in [0.25, 0.3) is 0 Å². The highest BCUT2D eigenvalue weighted by molar-refractivity contribution is 9.10. The summed E-state index contributed by atoms with van der Waals surface area (Å²) >= 11 is 3.44. The maximum absolute atomic E-state index is 4.56. The number of aryl methyl sites for hydroxylation is 2. The molecule has 0 radical (unpaired) electrons. The number of hydrogen-bond acceptors (Lipinski definition) is 2. The lowest BCUT2D eigenvalue weighted by Gasteiger charge is -2.05. The van der Waals surface area contributed by atoms with Crippen molar-refractivity contribution in [3.8, 4) is 11.3 Å². The lowest BCUT2D eigenvalue weighted by molar-refractivity contribution is 0.931. The molecule has 0 aliphatic carbocycles. The van der Waals surface area contributed by atoms with Crippen LogP contribution in [0.25, 0.3) is 11.3 Å². The van der Waals surface area contributed by atoms with E-state index in [9.17, 15) is 0 Å². The molecule has 0 fully saturated rings. The predicted molar refractivity (Wildman–Crippen MR) is 73.9 cm³/mol. The molecule has 88 valence electrons. The minimum atomic E-state index is 0.847. The zero-order valence-electron chi connectivity index (χ0n) is 10.1. The first-order chi connectivity index (χ1) is 8.22. The first-order valence-corrected chi connectivity index (χ1v) is 6.65. The molecular formula is C14H15BrN2. The number of nitrogens with zero attached hydrogens (tertiary/aromatic N) is 2. The summed E-state index contributed by atoms with van der Waals surface area (Å²) < 4.78 is 0.848. The van der Waals surface area contributed by atoms with Crippen molar-refractivity contribution in [3.05, 3.63) is 46.3 Å². The average Bonchev–Trinajstić information content (AvgIpc) is 2.38. The first-order valence-electron chi connectivity index (χ1n) is 5.85. The quantitative estimate of drug-likeness (QED) is 0.798. The van der Waals surface area contributed by atoms with Gasteiger partial charge >= 0.3 is 0 Å². The molecule has 2 aromatic rings. The van der Waals surface area contributed by atoms with Crippen LogP contribution in [-0.2, 0) is 12.8 Å². The van der Waals surface area contributed by atoms with E-state index in [-0.39, 0.29) is 0 Å². The van der Waals surface area contributed by atoms with Gasteiger partial charge in [0.05, 0.1) is 5.69 Å². The van der Waals surface area contributed by atoms with E-state index in [1.807, 2.05) is 6.07 Å². The van der Waals surface area contributed by atoms with Crippen LogP contribution in [0.1, 0.15) is 25.2 Å². The van der Waals surface area contributed by atoms with Crippen LogP contribution in [0.2, 0.25) is 0 Å². The molecule has 0 aliphatic rings. The van der Waals surface area contributed by atoms with Crippen molar-refractivity contribution in [2.75, 3.05) is 0 Å². The minimum Gasteiger partial charge on any atom is -0.233 e. The molecule has 0 spiro atoms. The molecule has 0 aliphatic heterocycles. The molecule has 0 saturated heterocycles. The molecule has 17 heavy (non-hydrogen) atoms. The van der Waals surface area contributed by atoms with Crippen LogP contribution in [0.15, 0.2) is 34.9 Å². The highest BCUT2D eigenvalue weighted by Gasteiger charge is 2.04. The smallest absolute Gasteiger partial charge is 0.130 e. The van der Waals surface area contributed by atoms with Crippen LogP contribution in [0, 0.1) is 0 Å². The van der Waals surface area contributed by atoms with Crippen molar-refractivity contribution in [1.29, 1.82) is 0 Å². The average molecular weight is 291 g/mol. The van der Waals surface area contributed by atoms with Crippen molar-refractivity contribution in [2.24, 2.45) is 0 Å². The van der Waals surface area contributed by atoms with Crippen LogP contribution in [0.3, 0.4) is 0 Å². The third-order valence-corrected chi connectivity index (χ3v) is 3.09. The summed E-state index contributed by atoms with van der Waals surface area (Å²) in [6.45, 7) is 4.22. The Balaban J connectivity index is 2.47. The topological polar surface area (TPSA) is 25.8 Å². The molecule has 1 aromatic carbocycles. The number of rotatable bonds is 3. The summed E-state index contributed by atoms with van der Waals surface area (Å²) in [5, 5.41) is 0. The summed E-state index contributed by atoms with van der Waals surface area (Å²) in [6.07, 6.45) is 1.89. The fourth-order valence-electron chi connectivity index (χ4n) is 1.72.